The van der Waals surface area contributed by atoms with E-state index in [4.69, 9.17) is 5.11 Å². The number of hydrogen-bond donors (Lipinski definition) is 3. The van der Waals surface area contributed by atoms with E-state index in [0.29, 0.717) is 12.8 Å². The Morgan fingerprint density at radius 1 is 1.30 bits per heavy atom. The Balaban J connectivity index is 2.94. The van der Waals surface area contributed by atoms with Crippen LogP contribution in [0.5, 0.6) is 0 Å². The Morgan fingerprint density at radius 3 is 2.48 bits per heavy atom. The van der Waals surface area contributed by atoms with Gasteiger partial charge in [0.05, 0.1) is 23.4 Å². The number of hydrogen-bond acceptors (Lipinski definition) is 4. The number of carbonyl (C=O) groups excluding carboxylic acids is 1. The monoisotopic (exact) mass is 342 g/mol. The summed E-state index contributed by atoms with van der Waals surface area (Å²) in [5.41, 5.74) is 1.12. The van der Waals surface area contributed by atoms with Crippen LogP contribution < -0.4 is 10.0 Å². The summed E-state index contributed by atoms with van der Waals surface area (Å²) in [6.45, 7) is 3.64. The molecule has 1 amide bonds. The minimum atomic E-state index is -3.52. The Bertz CT molecular complexity index is 685. The topological polar surface area (TPSA) is 113 Å². The van der Waals surface area contributed by atoms with Crippen LogP contribution in [0.15, 0.2) is 18.2 Å². The lowest BCUT2D eigenvalue weighted by atomic mass is 10.0. The molecule has 1 unspecified atom stereocenters. The first-order chi connectivity index (χ1) is 10.6. The molecular formula is C15H22N2O5S. The van der Waals surface area contributed by atoms with Crippen LogP contribution in [0, 0.1) is 12.8 Å². The van der Waals surface area contributed by atoms with Gasteiger partial charge in [-0.25, -0.2) is 8.42 Å². The molecular weight excluding hydrogens is 320 g/mol. The maximum absolute atomic E-state index is 12.3. The molecule has 0 spiro atoms. The van der Waals surface area contributed by atoms with Crippen molar-refractivity contribution in [3.8, 4) is 0 Å². The molecule has 3 N–H and O–H groups in total. The number of aryl methyl sites for hydroxylation is 1. The summed E-state index contributed by atoms with van der Waals surface area (Å²) in [4.78, 5) is 23.4. The van der Waals surface area contributed by atoms with Crippen molar-refractivity contribution in [2.75, 3.05) is 17.5 Å². The predicted molar refractivity (Wildman–Crippen MR) is 88.0 cm³/mol. The summed E-state index contributed by atoms with van der Waals surface area (Å²) < 4.78 is 25.0. The third-order valence-electron chi connectivity index (χ3n) is 3.21. The van der Waals surface area contributed by atoms with Crippen LogP contribution in [0.25, 0.3) is 0 Å². The van der Waals surface area contributed by atoms with Gasteiger partial charge in [0.25, 0.3) is 5.91 Å². The van der Waals surface area contributed by atoms with Crippen LogP contribution in [-0.4, -0.2) is 38.2 Å². The van der Waals surface area contributed by atoms with E-state index >= 15 is 0 Å². The van der Waals surface area contributed by atoms with Crippen molar-refractivity contribution in [2.24, 2.45) is 5.92 Å². The minimum absolute atomic E-state index is 0.00569. The molecule has 0 saturated heterocycles. The maximum atomic E-state index is 12.3. The van der Waals surface area contributed by atoms with Crippen molar-refractivity contribution in [3.05, 3.63) is 29.3 Å². The molecule has 1 rings (SSSR count). The second kappa shape index (κ2) is 7.96. The van der Waals surface area contributed by atoms with Gasteiger partial charge in [-0.15, -0.1) is 0 Å². The molecule has 0 aliphatic carbocycles. The van der Waals surface area contributed by atoms with Gasteiger partial charge in [0, 0.05) is 6.54 Å². The van der Waals surface area contributed by atoms with Gasteiger partial charge in [-0.05, 0) is 25.5 Å². The molecule has 128 valence electrons. The SMILES string of the molecule is CCCC(CNC(=O)c1cc(C)ccc1NS(C)(=O)=O)C(=O)O. The first-order valence-electron chi connectivity index (χ1n) is 7.23. The molecule has 0 radical (unpaired) electrons. The largest absolute Gasteiger partial charge is 0.481 e. The first-order valence-corrected chi connectivity index (χ1v) is 9.12. The molecule has 1 atom stereocenters. The highest BCUT2D eigenvalue weighted by Crippen LogP contribution is 2.19. The minimum Gasteiger partial charge on any atom is -0.481 e. The van der Waals surface area contributed by atoms with Crippen molar-refractivity contribution in [2.45, 2.75) is 26.7 Å². The Hall–Kier alpha value is -2.09. The van der Waals surface area contributed by atoms with Crippen molar-refractivity contribution in [1.29, 1.82) is 0 Å². The molecule has 0 fully saturated rings. The third-order valence-corrected chi connectivity index (χ3v) is 3.80. The van der Waals surface area contributed by atoms with Crippen LogP contribution in [0.4, 0.5) is 5.69 Å². The molecule has 7 nitrogen and oxygen atoms in total. The Labute approximate surface area is 136 Å². The van der Waals surface area contributed by atoms with Gasteiger partial charge in [-0.2, -0.15) is 0 Å². The third kappa shape index (κ3) is 6.27. The number of amides is 1. The fourth-order valence-electron chi connectivity index (χ4n) is 2.11. The van der Waals surface area contributed by atoms with Crippen LogP contribution in [-0.2, 0) is 14.8 Å². The molecule has 0 bridgehead atoms. The maximum Gasteiger partial charge on any atom is 0.308 e. The van der Waals surface area contributed by atoms with Gasteiger partial charge in [0.15, 0.2) is 0 Å². The molecule has 1 aromatic carbocycles. The van der Waals surface area contributed by atoms with Crippen LogP contribution in [0.3, 0.4) is 0 Å². The van der Waals surface area contributed by atoms with Crippen molar-refractivity contribution >= 4 is 27.6 Å². The number of aliphatic carboxylic acids is 1. The number of sulfonamides is 1. The first kappa shape index (κ1) is 19.0. The number of carbonyl (C=O) groups is 2. The highest BCUT2D eigenvalue weighted by molar-refractivity contribution is 7.92. The number of nitrogens with one attached hydrogen (secondary N) is 2. The van der Waals surface area contributed by atoms with E-state index in [1.54, 1.807) is 19.1 Å². The van der Waals surface area contributed by atoms with Gasteiger partial charge >= 0.3 is 5.97 Å². The van der Waals surface area contributed by atoms with E-state index in [9.17, 15) is 18.0 Å². The van der Waals surface area contributed by atoms with Gasteiger partial charge < -0.3 is 10.4 Å². The summed E-state index contributed by atoms with van der Waals surface area (Å²) in [7, 11) is -3.52. The summed E-state index contributed by atoms with van der Waals surface area (Å²) in [5, 5.41) is 11.7. The van der Waals surface area contributed by atoms with Gasteiger partial charge in [0.2, 0.25) is 10.0 Å². The van der Waals surface area contributed by atoms with Gasteiger partial charge in [0.1, 0.15) is 0 Å². The molecule has 0 saturated carbocycles. The molecule has 1 aromatic rings. The zero-order valence-electron chi connectivity index (χ0n) is 13.4. The summed E-state index contributed by atoms with van der Waals surface area (Å²) in [6, 6.07) is 4.74. The molecule has 23 heavy (non-hydrogen) atoms. The molecule has 0 aliphatic heterocycles. The smallest absolute Gasteiger partial charge is 0.308 e. The van der Waals surface area contributed by atoms with Gasteiger partial charge in [-0.1, -0.05) is 25.0 Å². The lowest BCUT2D eigenvalue weighted by Crippen LogP contribution is -2.33. The quantitative estimate of drug-likeness (QED) is 0.664. The molecule has 0 aliphatic rings. The average Bonchev–Trinajstić information content (AvgIpc) is 2.43. The number of benzene rings is 1. The highest BCUT2D eigenvalue weighted by Gasteiger charge is 2.19. The van der Waals surface area contributed by atoms with Crippen LogP contribution >= 0.6 is 0 Å². The number of anilines is 1. The lowest BCUT2D eigenvalue weighted by molar-refractivity contribution is -0.141. The number of rotatable bonds is 8. The second-order valence-electron chi connectivity index (χ2n) is 5.46. The zero-order chi connectivity index (χ0) is 17.6. The van der Waals surface area contributed by atoms with Crippen molar-refractivity contribution < 1.29 is 23.1 Å². The van der Waals surface area contributed by atoms with Crippen molar-refractivity contribution in [3.63, 3.8) is 0 Å². The van der Waals surface area contributed by atoms with E-state index in [1.807, 2.05) is 6.92 Å². The van der Waals surface area contributed by atoms with E-state index in [0.717, 1.165) is 11.8 Å². The normalized spacial score (nSPS) is 12.5. The Morgan fingerprint density at radius 2 is 1.96 bits per heavy atom. The summed E-state index contributed by atoms with van der Waals surface area (Å²) >= 11 is 0. The molecule has 0 heterocycles. The molecule has 8 heteroatoms. The number of carboxylic acid groups (broad SMARTS) is 1. The van der Waals surface area contributed by atoms with Crippen LogP contribution in [0.2, 0.25) is 0 Å². The van der Waals surface area contributed by atoms with Crippen molar-refractivity contribution in [1.82, 2.24) is 5.32 Å². The average molecular weight is 342 g/mol. The van der Waals surface area contributed by atoms with Gasteiger partial charge in [-0.3, -0.25) is 14.3 Å². The Kier molecular flexibility index (Phi) is 6.56. The van der Waals surface area contributed by atoms with E-state index in [2.05, 4.69) is 10.0 Å². The van der Waals surface area contributed by atoms with E-state index in [1.165, 1.54) is 6.07 Å². The fraction of sp³-hybridized carbons (Fsp3) is 0.467. The highest BCUT2D eigenvalue weighted by atomic mass is 32.2. The number of carboxylic acids is 1. The summed E-state index contributed by atoms with van der Waals surface area (Å²) in [6.07, 6.45) is 2.15. The zero-order valence-corrected chi connectivity index (χ0v) is 14.2. The van der Waals surface area contributed by atoms with E-state index in [-0.39, 0.29) is 17.8 Å². The molecule has 0 aromatic heterocycles. The van der Waals surface area contributed by atoms with E-state index < -0.39 is 27.8 Å². The summed E-state index contributed by atoms with van der Waals surface area (Å²) in [5.74, 6) is -2.15. The fourth-order valence-corrected chi connectivity index (χ4v) is 2.68. The van der Waals surface area contributed by atoms with Crippen LogP contribution in [0.1, 0.15) is 35.7 Å². The standard InChI is InChI=1S/C15H22N2O5S/c1-4-5-11(15(19)20)9-16-14(18)12-8-10(2)6-7-13(12)17-23(3,21)22/h6-8,11,17H,4-5,9H2,1-3H3,(H,16,18)(H,19,20). The second-order valence-corrected chi connectivity index (χ2v) is 7.21. The lowest BCUT2D eigenvalue weighted by Gasteiger charge is -2.15. The predicted octanol–water partition coefficient (Wildman–Crippen LogP) is 1.60.